The van der Waals surface area contributed by atoms with Crippen LogP contribution in [0.5, 0.6) is 5.75 Å². The number of amides is 2. The van der Waals surface area contributed by atoms with Crippen LogP contribution in [0, 0.1) is 13.8 Å². The average Bonchev–Trinajstić information content (AvgIpc) is 2.74. The summed E-state index contributed by atoms with van der Waals surface area (Å²) < 4.78 is 5.75. The van der Waals surface area contributed by atoms with Gasteiger partial charge >= 0.3 is 0 Å². The zero-order valence-corrected chi connectivity index (χ0v) is 19.0. The minimum absolute atomic E-state index is 0.138. The lowest BCUT2D eigenvalue weighted by Gasteiger charge is -2.28. The maximum atomic E-state index is 13.0. The Morgan fingerprint density at radius 1 is 1.13 bits per heavy atom. The number of rotatable bonds is 10. The molecule has 1 atom stereocenters. The predicted molar refractivity (Wildman–Crippen MR) is 121 cm³/mol. The molecule has 2 rings (SSSR count). The molecule has 0 bridgehead atoms. The maximum Gasteiger partial charge on any atom is 0.261 e. The first-order chi connectivity index (χ1) is 14.3. The molecular weight excluding hydrogens is 400 g/mol. The number of benzene rings is 2. The summed E-state index contributed by atoms with van der Waals surface area (Å²) in [6.45, 7) is 8.43. The number of ether oxygens (including phenoxy) is 1. The Balaban J connectivity index is 2.09. The smallest absolute Gasteiger partial charge is 0.261 e. The van der Waals surface area contributed by atoms with Gasteiger partial charge in [-0.1, -0.05) is 48.9 Å². The second-order valence-electron chi connectivity index (χ2n) is 7.45. The summed E-state index contributed by atoms with van der Waals surface area (Å²) in [7, 11) is 0. The van der Waals surface area contributed by atoms with Gasteiger partial charge in [0, 0.05) is 18.1 Å². The molecule has 1 unspecified atom stereocenters. The van der Waals surface area contributed by atoms with Crippen molar-refractivity contribution in [2.24, 2.45) is 0 Å². The molecule has 2 aromatic rings. The van der Waals surface area contributed by atoms with Crippen LogP contribution in [-0.4, -0.2) is 42.5 Å². The molecule has 6 heteroatoms. The van der Waals surface area contributed by atoms with Gasteiger partial charge in [0.1, 0.15) is 11.8 Å². The van der Waals surface area contributed by atoms with Crippen LogP contribution in [0.4, 0.5) is 0 Å². The highest BCUT2D eigenvalue weighted by atomic mass is 35.5. The van der Waals surface area contributed by atoms with Crippen LogP contribution in [0.2, 0.25) is 5.02 Å². The third kappa shape index (κ3) is 6.77. The molecule has 0 saturated carbocycles. The van der Waals surface area contributed by atoms with Gasteiger partial charge in [-0.25, -0.2) is 0 Å². The zero-order chi connectivity index (χ0) is 22.1. The minimum atomic E-state index is -0.579. The Hall–Kier alpha value is -2.53. The van der Waals surface area contributed by atoms with Gasteiger partial charge in [-0.2, -0.15) is 0 Å². The van der Waals surface area contributed by atoms with Crippen LogP contribution in [-0.2, 0) is 16.0 Å². The number of nitrogens with zero attached hydrogens (tertiary/aromatic N) is 1. The van der Waals surface area contributed by atoms with E-state index in [0.717, 1.165) is 23.1 Å². The summed E-state index contributed by atoms with van der Waals surface area (Å²) in [4.78, 5) is 27.1. The molecule has 30 heavy (non-hydrogen) atoms. The lowest BCUT2D eigenvalue weighted by Crippen LogP contribution is -2.50. The van der Waals surface area contributed by atoms with E-state index >= 15 is 0 Å². The van der Waals surface area contributed by atoms with E-state index in [0.29, 0.717) is 30.3 Å². The second kappa shape index (κ2) is 11.6. The molecule has 1 N–H and O–H groups in total. The molecule has 2 aromatic carbocycles. The normalized spacial score (nSPS) is 11.6. The van der Waals surface area contributed by atoms with Gasteiger partial charge in [0.05, 0.1) is 0 Å². The summed E-state index contributed by atoms with van der Waals surface area (Å²) in [6.07, 6.45) is 1.51. The fourth-order valence-corrected chi connectivity index (χ4v) is 3.29. The number of nitrogens with one attached hydrogen (secondary N) is 1. The van der Waals surface area contributed by atoms with Gasteiger partial charge in [-0.3, -0.25) is 9.59 Å². The monoisotopic (exact) mass is 430 g/mol. The van der Waals surface area contributed by atoms with Crippen LogP contribution in [0.15, 0.2) is 42.5 Å². The molecule has 162 valence electrons. The largest absolute Gasteiger partial charge is 0.484 e. The first-order valence-corrected chi connectivity index (χ1v) is 10.7. The van der Waals surface area contributed by atoms with Gasteiger partial charge in [0.2, 0.25) is 5.91 Å². The Morgan fingerprint density at radius 3 is 2.37 bits per heavy atom. The van der Waals surface area contributed by atoms with Crippen molar-refractivity contribution in [1.82, 2.24) is 10.2 Å². The van der Waals surface area contributed by atoms with Crippen LogP contribution >= 0.6 is 11.6 Å². The Bertz CT molecular complexity index is 832. The van der Waals surface area contributed by atoms with Crippen molar-refractivity contribution >= 4 is 23.4 Å². The zero-order valence-electron chi connectivity index (χ0n) is 18.2. The van der Waals surface area contributed by atoms with Crippen molar-refractivity contribution in [3.63, 3.8) is 0 Å². The highest BCUT2D eigenvalue weighted by Crippen LogP contribution is 2.25. The van der Waals surface area contributed by atoms with E-state index in [2.05, 4.69) is 5.32 Å². The van der Waals surface area contributed by atoms with E-state index in [1.165, 1.54) is 0 Å². The maximum absolute atomic E-state index is 13.0. The quantitative estimate of drug-likeness (QED) is 0.610. The molecule has 0 heterocycles. The van der Waals surface area contributed by atoms with Gasteiger partial charge < -0.3 is 15.0 Å². The lowest BCUT2D eigenvalue weighted by molar-refractivity contribution is -0.141. The number of hydrogen-bond acceptors (Lipinski definition) is 3. The van der Waals surface area contributed by atoms with Gasteiger partial charge in [-0.15, -0.1) is 0 Å². The molecule has 0 fully saturated rings. The number of carbonyl (C=O) groups excluding carboxylic acids is 2. The highest BCUT2D eigenvalue weighted by molar-refractivity contribution is 6.32. The summed E-state index contributed by atoms with van der Waals surface area (Å²) in [6, 6.07) is 13.0. The lowest BCUT2D eigenvalue weighted by atomic mass is 10.1. The second-order valence-corrected chi connectivity index (χ2v) is 7.83. The van der Waals surface area contributed by atoms with Crippen molar-refractivity contribution in [2.45, 2.75) is 46.6 Å². The van der Waals surface area contributed by atoms with E-state index in [1.807, 2.05) is 63.2 Å². The van der Waals surface area contributed by atoms with Gasteiger partial charge in [-0.05, 0) is 62.4 Å². The van der Waals surface area contributed by atoms with Crippen molar-refractivity contribution in [1.29, 1.82) is 0 Å². The van der Waals surface area contributed by atoms with Crippen LogP contribution in [0.1, 0.15) is 37.0 Å². The molecule has 0 radical (unpaired) electrons. The van der Waals surface area contributed by atoms with Crippen molar-refractivity contribution in [2.75, 3.05) is 19.7 Å². The standard InChI is InChI=1S/C24H31ClN2O3/c1-5-12-26-24(29)19(4)27(13-11-20-9-7-6-8-10-20)22(28)16-30-21-14-17(2)23(25)18(3)15-21/h6-10,14-15,19H,5,11-13,16H2,1-4H3,(H,26,29). The van der Waals surface area contributed by atoms with E-state index in [-0.39, 0.29) is 18.4 Å². The summed E-state index contributed by atoms with van der Waals surface area (Å²) in [5.74, 6) is 0.209. The Kier molecular flexibility index (Phi) is 9.18. The molecule has 0 spiro atoms. The van der Waals surface area contributed by atoms with Crippen molar-refractivity contribution in [3.05, 3.63) is 64.2 Å². The summed E-state index contributed by atoms with van der Waals surface area (Å²) >= 11 is 6.21. The topological polar surface area (TPSA) is 58.6 Å². The van der Waals surface area contributed by atoms with E-state index in [9.17, 15) is 9.59 Å². The average molecular weight is 431 g/mol. The molecular formula is C24H31ClN2O3. The Morgan fingerprint density at radius 2 is 1.77 bits per heavy atom. The third-order valence-corrected chi connectivity index (χ3v) is 5.57. The third-order valence-electron chi connectivity index (χ3n) is 4.97. The molecule has 0 aliphatic heterocycles. The predicted octanol–water partition coefficient (Wildman–Crippen LogP) is 4.32. The van der Waals surface area contributed by atoms with Gasteiger partial charge in [0.25, 0.3) is 5.91 Å². The fourth-order valence-electron chi connectivity index (χ4n) is 3.18. The number of halogens is 1. The molecule has 0 aromatic heterocycles. The molecule has 2 amide bonds. The first-order valence-electron chi connectivity index (χ1n) is 10.3. The van der Waals surface area contributed by atoms with Crippen LogP contribution in [0.25, 0.3) is 0 Å². The summed E-state index contributed by atoms with van der Waals surface area (Å²) in [5, 5.41) is 3.57. The van der Waals surface area contributed by atoms with Crippen LogP contribution < -0.4 is 10.1 Å². The summed E-state index contributed by atoms with van der Waals surface area (Å²) in [5.41, 5.74) is 2.90. The SMILES string of the molecule is CCCNC(=O)C(C)N(CCc1ccccc1)C(=O)COc1cc(C)c(Cl)c(C)c1. The molecule has 0 saturated heterocycles. The van der Waals surface area contributed by atoms with Crippen molar-refractivity contribution < 1.29 is 14.3 Å². The Labute approximate surface area is 184 Å². The van der Waals surface area contributed by atoms with Crippen LogP contribution in [0.3, 0.4) is 0 Å². The molecule has 5 nitrogen and oxygen atoms in total. The first kappa shape index (κ1) is 23.7. The fraction of sp³-hybridized carbons (Fsp3) is 0.417. The van der Waals surface area contributed by atoms with Gasteiger partial charge in [0.15, 0.2) is 6.61 Å². The number of carbonyl (C=O) groups is 2. The van der Waals surface area contributed by atoms with E-state index in [1.54, 1.807) is 11.8 Å². The minimum Gasteiger partial charge on any atom is -0.484 e. The van der Waals surface area contributed by atoms with E-state index in [4.69, 9.17) is 16.3 Å². The van der Waals surface area contributed by atoms with E-state index < -0.39 is 6.04 Å². The number of hydrogen-bond donors (Lipinski definition) is 1. The number of aryl methyl sites for hydroxylation is 2. The van der Waals surface area contributed by atoms with Crippen molar-refractivity contribution in [3.8, 4) is 5.75 Å². The molecule has 0 aliphatic rings. The highest BCUT2D eigenvalue weighted by Gasteiger charge is 2.26. The molecule has 0 aliphatic carbocycles.